The normalized spacial score (nSPS) is 19.4. The molecule has 0 N–H and O–H groups in total. The van der Waals surface area contributed by atoms with Gasteiger partial charge in [0.25, 0.3) is 0 Å². The first-order valence-corrected chi connectivity index (χ1v) is 17.1. The van der Waals surface area contributed by atoms with Gasteiger partial charge in [-0.3, -0.25) is 0 Å². The Labute approximate surface area is 273 Å². The van der Waals surface area contributed by atoms with Gasteiger partial charge in [-0.15, -0.1) is 0 Å². The molecule has 1 unspecified atom stereocenters. The second-order valence-electron chi connectivity index (χ2n) is 13.4. The first kappa shape index (κ1) is 39.0. The predicted molar refractivity (Wildman–Crippen MR) is 200 cm³/mol. The minimum Gasteiger partial charge on any atom is -0.367 e. The van der Waals surface area contributed by atoms with Crippen LogP contribution in [-0.2, 0) is 11.8 Å². The SMILES string of the molecule is C=C(/C(C)=C(C)/C=C\C)N1CC=C2C(C)(CC=C(c3ccc(C(C)(C)C)cc3)C2(C)C)C1.CC.CC.CCc1ccccc1. The molecule has 1 heteroatoms. The van der Waals surface area contributed by atoms with E-state index in [0.717, 1.165) is 31.6 Å². The molecule has 2 aliphatic rings. The van der Waals surface area contributed by atoms with Crippen LogP contribution < -0.4 is 0 Å². The molecule has 0 saturated carbocycles. The molecule has 1 atom stereocenters. The largest absolute Gasteiger partial charge is 0.367 e. The lowest BCUT2D eigenvalue weighted by Gasteiger charge is -2.51. The van der Waals surface area contributed by atoms with E-state index in [1.54, 1.807) is 5.57 Å². The Morgan fingerprint density at radius 3 is 1.93 bits per heavy atom. The van der Waals surface area contributed by atoms with E-state index in [9.17, 15) is 0 Å². The van der Waals surface area contributed by atoms with Crippen molar-refractivity contribution in [2.24, 2.45) is 10.8 Å². The molecule has 242 valence electrons. The van der Waals surface area contributed by atoms with Crippen LogP contribution in [0.1, 0.15) is 120 Å². The summed E-state index contributed by atoms with van der Waals surface area (Å²) in [6.45, 7) is 37.1. The molecule has 0 amide bonds. The number of aryl methyl sites for hydroxylation is 1. The van der Waals surface area contributed by atoms with Gasteiger partial charge in [0.2, 0.25) is 0 Å². The Balaban J connectivity index is 0.000000683. The van der Waals surface area contributed by atoms with Crippen molar-refractivity contribution in [1.82, 2.24) is 4.90 Å². The Morgan fingerprint density at radius 2 is 1.45 bits per heavy atom. The molecule has 0 fully saturated rings. The van der Waals surface area contributed by atoms with Crippen molar-refractivity contribution < 1.29 is 0 Å². The fourth-order valence-corrected chi connectivity index (χ4v) is 6.32. The molecule has 0 spiro atoms. The maximum absolute atomic E-state index is 4.47. The van der Waals surface area contributed by atoms with Crippen LogP contribution in [0.4, 0.5) is 0 Å². The number of hydrogen-bond acceptors (Lipinski definition) is 1. The van der Waals surface area contributed by atoms with Crippen molar-refractivity contribution in [2.45, 2.75) is 115 Å². The Bertz CT molecular complexity index is 1290. The van der Waals surface area contributed by atoms with Crippen LogP contribution in [-0.4, -0.2) is 18.0 Å². The minimum absolute atomic E-state index is 0.0232. The fraction of sp³-hybridized carbons (Fsp3) is 0.488. The third-order valence-corrected chi connectivity index (χ3v) is 8.95. The van der Waals surface area contributed by atoms with Crippen LogP contribution >= 0.6 is 0 Å². The smallest absolute Gasteiger partial charge is 0.0362 e. The standard InChI is InChI=1S/C31H43N.C8H10.2C2H6/c1-11-12-22(2)23(3)24(4)32-20-18-28-30(8,9)27(17-19-31(28,10)21-32)25-13-15-26(16-14-25)29(5,6)7;1-2-8-6-4-3-5-7-8;2*1-2/h11-18H,4,19-21H2,1-3,5-10H3;3-7H,2H2,1H3;2*1-2H3/b12-11-,23-22+;;;. The average molecular weight is 596 g/mol. The zero-order valence-corrected chi connectivity index (χ0v) is 31.0. The second kappa shape index (κ2) is 17.4. The highest BCUT2D eigenvalue weighted by molar-refractivity contribution is 5.75. The van der Waals surface area contributed by atoms with Crippen molar-refractivity contribution in [3.8, 4) is 0 Å². The Morgan fingerprint density at radius 1 is 0.886 bits per heavy atom. The lowest BCUT2D eigenvalue weighted by atomic mass is 9.58. The zero-order valence-electron chi connectivity index (χ0n) is 31.0. The third kappa shape index (κ3) is 9.72. The van der Waals surface area contributed by atoms with Crippen LogP contribution in [0, 0.1) is 10.8 Å². The van der Waals surface area contributed by atoms with Gasteiger partial charge in [-0.2, -0.15) is 0 Å². The zero-order chi connectivity index (χ0) is 33.7. The van der Waals surface area contributed by atoms with Crippen molar-refractivity contribution in [3.63, 3.8) is 0 Å². The van der Waals surface area contributed by atoms with Gasteiger partial charge in [0.15, 0.2) is 0 Å². The number of rotatable bonds is 5. The van der Waals surface area contributed by atoms with Gasteiger partial charge in [-0.05, 0) is 72.4 Å². The molecular weight excluding hydrogens is 530 g/mol. The summed E-state index contributed by atoms with van der Waals surface area (Å²) >= 11 is 0. The van der Waals surface area contributed by atoms with Crippen LogP contribution in [0.15, 0.2) is 108 Å². The first-order chi connectivity index (χ1) is 20.7. The topological polar surface area (TPSA) is 3.24 Å². The minimum atomic E-state index is 0.0232. The van der Waals surface area contributed by atoms with Gasteiger partial charge in [0.1, 0.15) is 0 Å². The molecule has 1 aliphatic heterocycles. The third-order valence-electron chi connectivity index (χ3n) is 8.95. The van der Waals surface area contributed by atoms with Crippen molar-refractivity contribution >= 4 is 5.57 Å². The van der Waals surface area contributed by atoms with Crippen molar-refractivity contribution in [1.29, 1.82) is 0 Å². The lowest BCUT2D eigenvalue weighted by molar-refractivity contribution is 0.201. The highest BCUT2D eigenvalue weighted by Crippen LogP contribution is 2.55. The van der Waals surface area contributed by atoms with Crippen LogP contribution in [0.2, 0.25) is 0 Å². The van der Waals surface area contributed by atoms with Gasteiger partial charge >= 0.3 is 0 Å². The van der Waals surface area contributed by atoms with Gasteiger partial charge in [0, 0.05) is 29.6 Å². The summed E-state index contributed by atoms with van der Waals surface area (Å²) in [6, 6.07) is 19.7. The second-order valence-corrected chi connectivity index (χ2v) is 13.4. The molecule has 0 radical (unpaired) electrons. The monoisotopic (exact) mass is 596 g/mol. The van der Waals surface area contributed by atoms with Gasteiger partial charge in [0.05, 0.1) is 0 Å². The summed E-state index contributed by atoms with van der Waals surface area (Å²) in [4.78, 5) is 2.47. The summed E-state index contributed by atoms with van der Waals surface area (Å²) in [5, 5.41) is 0. The highest BCUT2D eigenvalue weighted by Gasteiger charge is 2.46. The van der Waals surface area contributed by atoms with E-state index in [0.29, 0.717) is 0 Å². The van der Waals surface area contributed by atoms with E-state index in [2.05, 4.69) is 154 Å². The van der Waals surface area contributed by atoms with Crippen LogP contribution in [0.25, 0.3) is 5.57 Å². The Kier molecular flexibility index (Phi) is 15.4. The number of hydrogen-bond donors (Lipinski definition) is 0. The summed E-state index contributed by atoms with van der Waals surface area (Å²) < 4.78 is 0. The van der Waals surface area contributed by atoms with E-state index in [1.807, 2.05) is 33.8 Å². The maximum atomic E-state index is 4.47. The quantitative estimate of drug-likeness (QED) is 0.245. The van der Waals surface area contributed by atoms with Crippen LogP contribution in [0.3, 0.4) is 0 Å². The molecule has 0 bridgehead atoms. The molecule has 0 aromatic heterocycles. The number of nitrogens with zero attached hydrogens (tertiary/aromatic N) is 1. The summed E-state index contributed by atoms with van der Waals surface area (Å²) in [6.07, 6.45) is 11.5. The molecule has 2 aromatic rings. The van der Waals surface area contributed by atoms with Gasteiger partial charge < -0.3 is 4.90 Å². The molecule has 0 saturated heterocycles. The average Bonchev–Trinajstić information content (AvgIpc) is 3.02. The summed E-state index contributed by atoms with van der Waals surface area (Å²) in [5.41, 5.74) is 11.3. The fourth-order valence-electron chi connectivity index (χ4n) is 6.32. The molecule has 2 aromatic carbocycles. The first-order valence-electron chi connectivity index (χ1n) is 17.1. The molecule has 1 aliphatic carbocycles. The molecule has 4 rings (SSSR count). The maximum Gasteiger partial charge on any atom is 0.0362 e. The van der Waals surface area contributed by atoms with Gasteiger partial charge in [-0.1, -0.05) is 167 Å². The molecule has 1 heterocycles. The predicted octanol–water partition coefficient (Wildman–Crippen LogP) is 12.8. The number of benzene rings is 2. The van der Waals surface area contributed by atoms with E-state index in [1.165, 1.54) is 33.4 Å². The lowest BCUT2D eigenvalue weighted by Crippen LogP contribution is -2.46. The van der Waals surface area contributed by atoms with E-state index in [-0.39, 0.29) is 16.2 Å². The molecule has 1 nitrogen and oxygen atoms in total. The Hall–Kier alpha value is -3.06. The van der Waals surface area contributed by atoms with Crippen LogP contribution in [0.5, 0.6) is 0 Å². The summed E-state index contributed by atoms with van der Waals surface area (Å²) in [5.74, 6) is 0. The highest BCUT2D eigenvalue weighted by atomic mass is 15.1. The number of fused-ring (bicyclic) bond motifs is 1. The van der Waals surface area contributed by atoms with E-state index < -0.39 is 0 Å². The van der Waals surface area contributed by atoms with Crippen molar-refractivity contribution in [3.05, 3.63) is 125 Å². The molecular formula is C43H65N. The van der Waals surface area contributed by atoms with Crippen molar-refractivity contribution in [2.75, 3.05) is 13.1 Å². The van der Waals surface area contributed by atoms with Gasteiger partial charge in [-0.25, -0.2) is 0 Å². The summed E-state index contributed by atoms with van der Waals surface area (Å²) in [7, 11) is 0. The van der Waals surface area contributed by atoms with E-state index >= 15 is 0 Å². The number of allylic oxidation sites excluding steroid dienone is 6. The van der Waals surface area contributed by atoms with E-state index in [4.69, 9.17) is 0 Å². The molecule has 44 heavy (non-hydrogen) atoms.